The van der Waals surface area contributed by atoms with E-state index in [-0.39, 0.29) is 17.8 Å². The third-order valence-corrected chi connectivity index (χ3v) is 6.06. The average Bonchev–Trinajstić information content (AvgIpc) is 2.79. The minimum atomic E-state index is -0.0420. The van der Waals surface area contributed by atoms with Crippen molar-refractivity contribution in [3.8, 4) is 16.8 Å². The van der Waals surface area contributed by atoms with Gasteiger partial charge in [0, 0.05) is 24.7 Å². The number of nitrogens with zero attached hydrogens (tertiary/aromatic N) is 3. The summed E-state index contributed by atoms with van der Waals surface area (Å²) in [7, 11) is 0. The second kappa shape index (κ2) is 8.24. The molecule has 0 saturated carbocycles. The van der Waals surface area contributed by atoms with Crippen molar-refractivity contribution in [3.63, 3.8) is 0 Å². The van der Waals surface area contributed by atoms with Crippen molar-refractivity contribution >= 4 is 16.6 Å². The molecule has 5 heteroatoms. The van der Waals surface area contributed by atoms with Crippen molar-refractivity contribution in [2.24, 2.45) is 0 Å². The number of morpholine rings is 1. The highest BCUT2D eigenvalue weighted by Gasteiger charge is 2.23. The Kier molecular flexibility index (Phi) is 5.27. The zero-order valence-electron chi connectivity index (χ0n) is 18.7. The van der Waals surface area contributed by atoms with Crippen molar-refractivity contribution in [2.45, 2.75) is 33.0 Å². The van der Waals surface area contributed by atoms with E-state index in [0.717, 1.165) is 41.1 Å². The summed E-state index contributed by atoms with van der Waals surface area (Å²) in [6.45, 7) is 7.86. The van der Waals surface area contributed by atoms with Crippen molar-refractivity contribution in [2.75, 3.05) is 18.0 Å². The third-order valence-electron chi connectivity index (χ3n) is 6.06. The predicted octanol–water partition coefficient (Wildman–Crippen LogP) is 4.97. The number of anilines is 1. The number of benzene rings is 2. The van der Waals surface area contributed by atoms with Gasteiger partial charge in [-0.15, -0.1) is 0 Å². The van der Waals surface area contributed by atoms with Crippen molar-refractivity contribution in [1.82, 2.24) is 9.55 Å². The van der Waals surface area contributed by atoms with Gasteiger partial charge in [0.15, 0.2) is 0 Å². The maximum absolute atomic E-state index is 13.3. The molecule has 32 heavy (non-hydrogen) atoms. The number of aromatic nitrogens is 2. The molecule has 2 aromatic heterocycles. The lowest BCUT2D eigenvalue weighted by Gasteiger charge is -2.36. The molecule has 0 amide bonds. The van der Waals surface area contributed by atoms with Crippen LogP contribution in [0.4, 0.5) is 5.82 Å². The summed E-state index contributed by atoms with van der Waals surface area (Å²) < 4.78 is 7.49. The average molecular weight is 426 g/mol. The summed E-state index contributed by atoms with van der Waals surface area (Å²) in [5, 5.41) is 1.66. The highest BCUT2D eigenvalue weighted by Crippen LogP contribution is 2.28. The zero-order valence-corrected chi connectivity index (χ0v) is 18.7. The quantitative estimate of drug-likeness (QED) is 0.465. The topological polar surface area (TPSA) is 47.4 Å². The lowest BCUT2D eigenvalue weighted by molar-refractivity contribution is -0.00545. The van der Waals surface area contributed by atoms with Gasteiger partial charge < -0.3 is 9.64 Å². The van der Waals surface area contributed by atoms with E-state index in [1.54, 1.807) is 10.8 Å². The molecule has 3 heterocycles. The van der Waals surface area contributed by atoms with Crippen LogP contribution in [0.15, 0.2) is 77.9 Å². The molecule has 2 atom stereocenters. The van der Waals surface area contributed by atoms with Crippen molar-refractivity contribution in [3.05, 3.63) is 89.0 Å². The van der Waals surface area contributed by atoms with E-state index < -0.39 is 0 Å². The van der Waals surface area contributed by atoms with Gasteiger partial charge in [-0.1, -0.05) is 42.0 Å². The van der Waals surface area contributed by atoms with E-state index in [9.17, 15) is 4.79 Å². The standard InChI is InChI=1S/C27H27N3O2/c1-18-7-9-21(10-8-18)23-5-4-6-25-24(23)13-14-30(27(25)31)22-11-12-26(28-15-22)29-16-19(2)32-20(3)17-29/h4-15,19-20H,16-17H2,1-3H3/t19-,20+. The van der Waals surface area contributed by atoms with Crippen LogP contribution in [0.3, 0.4) is 0 Å². The number of hydrogen-bond acceptors (Lipinski definition) is 4. The molecule has 0 unspecified atom stereocenters. The van der Waals surface area contributed by atoms with Crippen LogP contribution in [0.25, 0.3) is 27.6 Å². The monoisotopic (exact) mass is 425 g/mol. The maximum Gasteiger partial charge on any atom is 0.263 e. The first-order chi connectivity index (χ1) is 15.5. The van der Waals surface area contributed by atoms with Gasteiger partial charge in [0.05, 0.1) is 24.1 Å². The van der Waals surface area contributed by atoms with Crippen LogP contribution in [-0.4, -0.2) is 34.8 Å². The SMILES string of the molecule is Cc1ccc(-c2cccc3c(=O)n(-c4ccc(N5C[C@@H](C)O[C@@H](C)C5)nc4)ccc23)cc1. The van der Waals surface area contributed by atoms with Crippen LogP contribution in [0.1, 0.15) is 19.4 Å². The number of pyridine rings is 2. The Morgan fingerprint density at radius 1 is 0.906 bits per heavy atom. The minimum Gasteiger partial charge on any atom is -0.372 e. The van der Waals surface area contributed by atoms with Gasteiger partial charge >= 0.3 is 0 Å². The second-order valence-electron chi connectivity index (χ2n) is 8.66. The highest BCUT2D eigenvalue weighted by molar-refractivity contribution is 5.96. The Hall–Kier alpha value is -3.44. The zero-order chi connectivity index (χ0) is 22.2. The molecule has 1 saturated heterocycles. The van der Waals surface area contributed by atoms with Crippen molar-refractivity contribution < 1.29 is 4.74 Å². The lowest BCUT2D eigenvalue weighted by Crippen LogP contribution is -2.45. The Morgan fingerprint density at radius 2 is 1.66 bits per heavy atom. The van der Waals surface area contributed by atoms with Crippen LogP contribution in [0.2, 0.25) is 0 Å². The van der Waals surface area contributed by atoms with Gasteiger partial charge in [0.25, 0.3) is 5.56 Å². The molecule has 1 fully saturated rings. The molecule has 0 radical (unpaired) electrons. The Bertz CT molecular complexity index is 1300. The van der Waals surface area contributed by atoms with E-state index in [1.807, 2.05) is 36.5 Å². The fourth-order valence-corrected chi connectivity index (χ4v) is 4.54. The van der Waals surface area contributed by atoms with Crippen LogP contribution in [0.5, 0.6) is 0 Å². The van der Waals surface area contributed by atoms with E-state index in [0.29, 0.717) is 5.39 Å². The summed E-state index contributed by atoms with van der Waals surface area (Å²) >= 11 is 0. The van der Waals surface area contributed by atoms with Crippen LogP contribution in [0, 0.1) is 6.92 Å². The normalized spacial score (nSPS) is 18.8. The maximum atomic E-state index is 13.3. The molecule has 0 spiro atoms. The van der Waals surface area contributed by atoms with Crippen LogP contribution in [-0.2, 0) is 4.74 Å². The van der Waals surface area contributed by atoms with E-state index in [1.165, 1.54) is 5.56 Å². The van der Waals surface area contributed by atoms with E-state index in [2.05, 4.69) is 61.0 Å². The fourth-order valence-electron chi connectivity index (χ4n) is 4.54. The molecule has 1 aliphatic heterocycles. The molecule has 0 aliphatic carbocycles. The Morgan fingerprint density at radius 3 is 2.34 bits per heavy atom. The van der Waals surface area contributed by atoms with Gasteiger partial charge in [0.2, 0.25) is 0 Å². The predicted molar refractivity (Wildman–Crippen MR) is 130 cm³/mol. The molecular formula is C27H27N3O2. The number of fused-ring (bicyclic) bond motifs is 1. The smallest absolute Gasteiger partial charge is 0.263 e. The van der Waals surface area contributed by atoms with Crippen molar-refractivity contribution in [1.29, 1.82) is 0 Å². The molecule has 0 N–H and O–H groups in total. The van der Waals surface area contributed by atoms with E-state index >= 15 is 0 Å². The Labute approximate surface area is 187 Å². The van der Waals surface area contributed by atoms with E-state index in [4.69, 9.17) is 4.74 Å². The molecule has 5 nitrogen and oxygen atoms in total. The van der Waals surface area contributed by atoms with Gasteiger partial charge in [-0.2, -0.15) is 0 Å². The van der Waals surface area contributed by atoms with Crippen LogP contribution >= 0.6 is 0 Å². The summed E-state index contributed by atoms with van der Waals surface area (Å²) in [5.41, 5.74) is 4.11. The molecule has 162 valence electrons. The number of rotatable bonds is 3. The largest absolute Gasteiger partial charge is 0.372 e. The first kappa shape index (κ1) is 20.5. The summed E-state index contributed by atoms with van der Waals surface area (Å²) in [4.78, 5) is 20.2. The molecule has 0 bridgehead atoms. The van der Waals surface area contributed by atoms with Gasteiger partial charge in [0.1, 0.15) is 5.82 Å². The van der Waals surface area contributed by atoms with Gasteiger partial charge in [-0.25, -0.2) is 4.98 Å². The Balaban J connectivity index is 1.50. The summed E-state index contributed by atoms with van der Waals surface area (Å²) in [6, 6.07) is 20.3. The third kappa shape index (κ3) is 3.80. The van der Waals surface area contributed by atoms with Gasteiger partial charge in [-0.3, -0.25) is 9.36 Å². The molecule has 5 rings (SSSR count). The van der Waals surface area contributed by atoms with Gasteiger partial charge in [-0.05, 0) is 61.5 Å². The summed E-state index contributed by atoms with van der Waals surface area (Å²) in [6.07, 6.45) is 3.96. The summed E-state index contributed by atoms with van der Waals surface area (Å²) in [5.74, 6) is 0.909. The lowest BCUT2D eigenvalue weighted by atomic mass is 9.98. The fraction of sp³-hybridized carbons (Fsp3) is 0.259. The highest BCUT2D eigenvalue weighted by atomic mass is 16.5. The first-order valence-corrected chi connectivity index (χ1v) is 11.1. The molecule has 1 aliphatic rings. The molecular weight excluding hydrogens is 398 g/mol. The number of aryl methyl sites for hydroxylation is 1. The van der Waals surface area contributed by atoms with Crippen LogP contribution < -0.4 is 10.5 Å². The minimum absolute atomic E-state index is 0.0420. The first-order valence-electron chi connectivity index (χ1n) is 11.1. The number of ether oxygens (including phenoxy) is 1. The second-order valence-corrected chi connectivity index (χ2v) is 8.66. The number of hydrogen-bond donors (Lipinski definition) is 0. The molecule has 4 aromatic rings. The molecule has 2 aromatic carbocycles.